The highest BCUT2D eigenvalue weighted by atomic mass is 19.1. The van der Waals surface area contributed by atoms with E-state index < -0.39 is 17.2 Å². The van der Waals surface area contributed by atoms with Crippen LogP contribution in [0.5, 0.6) is 0 Å². The van der Waals surface area contributed by atoms with Crippen LogP contribution in [0.15, 0.2) is 71.8 Å². The van der Waals surface area contributed by atoms with Crippen molar-refractivity contribution < 1.29 is 9.18 Å². The number of para-hydroxylation sites is 1. The summed E-state index contributed by atoms with van der Waals surface area (Å²) in [6, 6.07) is 14.6. The zero-order chi connectivity index (χ0) is 22.0. The lowest BCUT2D eigenvalue weighted by atomic mass is 10.2. The van der Waals surface area contributed by atoms with Gasteiger partial charge in [-0.1, -0.05) is 24.3 Å². The molecule has 2 aromatic heterocycles. The van der Waals surface area contributed by atoms with E-state index >= 15 is 0 Å². The first-order valence-electron chi connectivity index (χ1n) is 9.66. The minimum absolute atomic E-state index is 0.160. The monoisotopic (exact) mass is 417 g/mol. The van der Waals surface area contributed by atoms with E-state index in [-0.39, 0.29) is 11.4 Å². The van der Waals surface area contributed by atoms with Gasteiger partial charge in [0.1, 0.15) is 17.3 Å². The summed E-state index contributed by atoms with van der Waals surface area (Å²) in [4.78, 5) is 29.3. The zero-order valence-electron chi connectivity index (χ0n) is 17.0. The lowest BCUT2D eigenvalue weighted by Gasteiger charge is -2.12. The van der Waals surface area contributed by atoms with Gasteiger partial charge in [-0.3, -0.25) is 9.59 Å². The Kier molecular flexibility index (Phi) is 5.44. The molecular formula is C23H20FN5O2. The first-order chi connectivity index (χ1) is 14.9. The van der Waals surface area contributed by atoms with Gasteiger partial charge in [-0.2, -0.15) is 5.10 Å². The highest BCUT2D eigenvalue weighted by Gasteiger charge is 2.17. The molecule has 2 heterocycles. The maximum atomic E-state index is 14.2. The SMILES string of the molecule is Cc1nccn1Cc1ccc(NC(=O)c2nn(-c3ccccc3F)c(C)cc2=O)cc1. The van der Waals surface area contributed by atoms with Crippen LogP contribution < -0.4 is 10.7 Å². The van der Waals surface area contributed by atoms with Crippen molar-refractivity contribution in [2.24, 2.45) is 0 Å². The predicted molar refractivity (Wildman–Crippen MR) is 115 cm³/mol. The van der Waals surface area contributed by atoms with Crippen LogP contribution in [0.2, 0.25) is 0 Å². The molecule has 0 aliphatic heterocycles. The summed E-state index contributed by atoms with van der Waals surface area (Å²) in [5, 5.41) is 6.80. The van der Waals surface area contributed by atoms with Gasteiger partial charge in [0.05, 0.1) is 0 Å². The van der Waals surface area contributed by atoms with Gasteiger partial charge < -0.3 is 9.88 Å². The molecule has 0 saturated carbocycles. The van der Waals surface area contributed by atoms with Crippen molar-refractivity contribution in [2.75, 3.05) is 5.32 Å². The fourth-order valence-electron chi connectivity index (χ4n) is 3.22. The average Bonchev–Trinajstić information content (AvgIpc) is 3.14. The van der Waals surface area contributed by atoms with Gasteiger partial charge in [-0.15, -0.1) is 0 Å². The van der Waals surface area contributed by atoms with Crippen molar-refractivity contribution >= 4 is 11.6 Å². The number of imidazole rings is 1. The van der Waals surface area contributed by atoms with Crippen molar-refractivity contribution in [1.29, 1.82) is 0 Å². The van der Waals surface area contributed by atoms with Crippen LogP contribution in [-0.4, -0.2) is 25.2 Å². The molecule has 8 heteroatoms. The van der Waals surface area contributed by atoms with Gasteiger partial charge in [-0.25, -0.2) is 14.1 Å². The molecule has 2 aromatic carbocycles. The Labute approximate surface area is 177 Å². The third-order valence-corrected chi connectivity index (χ3v) is 4.89. The normalized spacial score (nSPS) is 10.8. The third kappa shape index (κ3) is 4.28. The molecule has 31 heavy (non-hydrogen) atoms. The summed E-state index contributed by atoms with van der Waals surface area (Å²) in [7, 11) is 0. The largest absolute Gasteiger partial charge is 0.331 e. The van der Waals surface area contributed by atoms with Gasteiger partial charge in [0.25, 0.3) is 5.91 Å². The van der Waals surface area contributed by atoms with Gasteiger partial charge in [0.15, 0.2) is 5.69 Å². The number of rotatable bonds is 5. The molecule has 0 fully saturated rings. The fourth-order valence-corrected chi connectivity index (χ4v) is 3.22. The van der Waals surface area contributed by atoms with Crippen molar-refractivity contribution in [3.63, 3.8) is 0 Å². The topological polar surface area (TPSA) is 81.8 Å². The second kappa shape index (κ2) is 8.35. The van der Waals surface area contributed by atoms with Crippen molar-refractivity contribution in [1.82, 2.24) is 19.3 Å². The number of anilines is 1. The van der Waals surface area contributed by atoms with Crippen LogP contribution in [0, 0.1) is 19.7 Å². The Morgan fingerprint density at radius 1 is 1.10 bits per heavy atom. The summed E-state index contributed by atoms with van der Waals surface area (Å²) < 4.78 is 17.4. The molecule has 0 radical (unpaired) electrons. The van der Waals surface area contributed by atoms with Gasteiger partial charge >= 0.3 is 0 Å². The molecule has 0 spiro atoms. The first-order valence-corrected chi connectivity index (χ1v) is 9.66. The minimum Gasteiger partial charge on any atom is -0.331 e. The summed E-state index contributed by atoms with van der Waals surface area (Å²) in [5.41, 5.74) is 1.30. The molecule has 0 bridgehead atoms. The lowest BCUT2D eigenvalue weighted by molar-refractivity contribution is 0.101. The van der Waals surface area contributed by atoms with Crippen LogP contribution in [0.3, 0.4) is 0 Å². The van der Waals surface area contributed by atoms with E-state index in [2.05, 4.69) is 15.4 Å². The highest BCUT2D eigenvalue weighted by molar-refractivity contribution is 6.02. The zero-order valence-corrected chi connectivity index (χ0v) is 17.0. The third-order valence-electron chi connectivity index (χ3n) is 4.89. The predicted octanol–water partition coefficient (Wildman–Crippen LogP) is 3.49. The number of benzene rings is 2. The van der Waals surface area contributed by atoms with E-state index in [0.717, 1.165) is 11.4 Å². The van der Waals surface area contributed by atoms with E-state index in [9.17, 15) is 14.0 Å². The maximum absolute atomic E-state index is 14.2. The van der Waals surface area contributed by atoms with E-state index in [1.54, 1.807) is 37.4 Å². The lowest BCUT2D eigenvalue weighted by Crippen LogP contribution is -2.27. The number of aryl methyl sites for hydroxylation is 2. The molecule has 1 amide bonds. The van der Waals surface area contributed by atoms with Gasteiger partial charge in [0, 0.05) is 36.4 Å². The maximum Gasteiger partial charge on any atom is 0.280 e. The van der Waals surface area contributed by atoms with Crippen LogP contribution in [-0.2, 0) is 6.54 Å². The molecule has 0 unspecified atom stereocenters. The van der Waals surface area contributed by atoms with Crippen LogP contribution in [0.4, 0.5) is 10.1 Å². The first kappa shape index (κ1) is 20.2. The quantitative estimate of drug-likeness (QED) is 0.539. The number of carbonyl (C=O) groups is 1. The Morgan fingerprint density at radius 2 is 1.84 bits per heavy atom. The van der Waals surface area contributed by atoms with E-state index in [1.807, 2.05) is 29.8 Å². The molecule has 0 atom stereocenters. The molecule has 0 aliphatic rings. The minimum atomic E-state index is -0.659. The summed E-state index contributed by atoms with van der Waals surface area (Å²) in [6.45, 7) is 4.22. The molecule has 0 aliphatic carbocycles. The van der Waals surface area contributed by atoms with E-state index in [0.29, 0.717) is 17.9 Å². The molecule has 156 valence electrons. The molecule has 7 nitrogen and oxygen atoms in total. The van der Waals surface area contributed by atoms with Gasteiger partial charge in [0.2, 0.25) is 5.43 Å². The van der Waals surface area contributed by atoms with Crippen molar-refractivity contribution in [3.8, 4) is 5.69 Å². The number of carbonyl (C=O) groups excluding carboxylic acids is 1. The average molecular weight is 417 g/mol. The summed E-state index contributed by atoms with van der Waals surface area (Å²) in [6.07, 6.45) is 3.64. The van der Waals surface area contributed by atoms with Gasteiger partial charge in [-0.05, 0) is 43.7 Å². The summed E-state index contributed by atoms with van der Waals surface area (Å²) >= 11 is 0. The number of hydrogen-bond donors (Lipinski definition) is 1. The Balaban J connectivity index is 1.56. The standard InChI is InChI=1S/C23H20FN5O2/c1-15-13-21(30)22(27-29(15)20-6-4-3-5-19(20)24)23(31)26-18-9-7-17(8-10-18)14-28-12-11-25-16(28)2/h3-13H,14H2,1-2H3,(H,26,31). The number of amides is 1. The molecule has 4 rings (SSSR count). The van der Waals surface area contributed by atoms with E-state index in [1.165, 1.54) is 22.9 Å². The number of halogens is 1. The summed E-state index contributed by atoms with van der Waals surface area (Å²) in [5.74, 6) is -0.251. The number of nitrogens with one attached hydrogen (secondary N) is 1. The highest BCUT2D eigenvalue weighted by Crippen LogP contribution is 2.15. The van der Waals surface area contributed by atoms with Crippen molar-refractivity contribution in [2.45, 2.75) is 20.4 Å². The van der Waals surface area contributed by atoms with Crippen LogP contribution >= 0.6 is 0 Å². The number of aromatic nitrogens is 4. The number of hydrogen-bond acceptors (Lipinski definition) is 4. The molecule has 1 N–H and O–H groups in total. The molecule has 0 saturated heterocycles. The Hall–Kier alpha value is -4.07. The Bertz CT molecular complexity index is 1310. The van der Waals surface area contributed by atoms with Crippen LogP contribution in [0.1, 0.15) is 27.6 Å². The van der Waals surface area contributed by atoms with E-state index in [4.69, 9.17) is 0 Å². The van der Waals surface area contributed by atoms with Crippen LogP contribution in [0.25, 0.3) is 5.69 Å². The Morgan fingerprint density at radius 3 is 2.52 bits per heavy atom. The molecular weight excluding hydrogens is 397 g/mol. The second-order valence-corrected chi connectivity index (χ2v) is 7.12. The fraction of sp³-hybridized carbons (Fsp3) is 0.130. The number of nitrogens with zero attached hydrogens (tertiary/aromatic N) is 4. The molecule has 4 aromatic rings. The smallest absolute Gasteiger partial charge is 0.280 e. The second-order valence-electron chi connectivity index (χ2n) is 7.12. The van der Waals surface area contributed by atoms with Crippen molar-refractivity contribution in [3.05, 3.63) is 106 Å².